The second-order valence-corrected chi connectivity index (χ2v) is 8.17. The fraction of sp³-hybridized carbons (Fsp3) is 0.136. The number of benzene rings is 2. The summed E-state index contributed by atoms with van der Waals surface area (Å²) in [5.41, 5.74) is 1.86. The van der Waals surface area contributed by atoms with Gasteiger partial charge in [-0.05, 0) is 36.0 Å². The third-order valence-corrected chi connectivity index (χ3v) is 6.15. The molecule has 0 unspecified atom stereocenters. The summed E-state index contributed by atoms with van der Waals surface area (Å²) in [5, 5.41) is 0.613. The maximum absolute atomic E-state index is 14.3. The molecule has 1 aromatic heterocycles. The number of halogens is 2. The summed E-state index contributed by atoms with van der Waals surface area (Å²) >= 11 is 6.94. The molecule has 0 N–H and O–H groups in total. The van der Waals surface area contributed by atoms with Crippen molar-refractivity contribution < 1.29 is 23.5 Å². The molecule has 9 heteroatoms. The summed E-state index contributed by atoms with van der Waals surface area (Å²) in [7, 11) is 1.19. The van der Waals surface area contributed by atoms with Crippen molar-refractivity contribution in [3.8, 4) is 0 Å². The molecular weight excluding hydrogens is 443 g/mol. The first-order valence-corrected chi connectivity index (χ1v) is 10.4. The van der Waals surface area contributed by atoms with E-state index in [-0.39, 0.29) is 11.4 Å². The minimum atomic E-state index is -0.679. The number of rotatable bonds is 5. The second kappa shape index (κ2) is 8.56. The average Bonchev–Trinajstić information content (AvgIpc) is 3.23. The molecule has 1 saturated heterocycles. The minimum absolute atomic E-state index is 0.195. The van der Waals surface area contributed by atoms with E-state index in [1.807, 2.05) is 28.8 Å². The Morgan fingerprint density at radius 1 is 1.19 bits per heavy atom. The van der Waals surface area contributed by atoms with Crippen molar-refractivity contribution in [2.24, 2.45) is 0 Å². The third kappa shape index (κ3) is 4.08. The fourth-order valence-corrected chi connectivity index (χ4v) is 4.40. The highest BCUT2D eigenvalue weighted by molar-refractivity contribution is 8.18. The van der Waals surface area contributed by atoms with Crippen LogP contribution >= 0.6 is 23.4 Å². The number of carbonyl (C=O) groups excluding carboxylic acids is 3. The van der Waals surface area contributed by atoms with E-state index in [4.69, 9.17) is 11.6 Å². The van der Waals surface area contributed by atoms with Crippen LogP contribution in [0, 0.1) is 5.82 Å². The number of methoxy groups -OCH3 is 1. The van der Waals surface area contributed by atoms with Gasteiger partial charge in [-0.3, -0.25) is 19.3 Å². The van der Waals surface area contributed by atoms with Crippen LogP contribution in [0.1, 0.15) is 11.1 Å². The molecule has 0 radical (unpaired) electrons. The molecule has 2 aromatic carbocycles. The summed E-state index contributed by atoms with van der Waals surface area (Å²) in [6.45, 7) is -0.240. The van der Waals surface area contributed by atoms with E-state index >= 15 is 0 Å². The van der Waals surface area contributed by atoms with E-state index in [0.717, 1.165) is 27.6 Å². The Hall–Kier alpha value is -3.10. The number of fused-ring (bicyclic) bond motifs is 1. The molecule has 0 spiro atoms. The van der Waals surface area contributed by atoms with Crippen LogP contribution in [-0.2, 0) is 20.9 Å². The highest BCUT2D eigenvalue weighted by Gasteiger charge is 2.36. The van der Waals surface area contributed by atoms with Crippen molar-refractivity contribution in [3.05, 3.63) is 75.5 Å². The van der Waals surface area contributed by atoms with E-state index in [1.54, 1.807) is 24.4 Å². The molecule has 1 aliphatic heterocycles. The van der Waals surface area contributed by atoms with Crippen LogP contribution in [0.5, 0.6) is 0 Å². The number of hydrogen-bond acceptors (Lipinski definition) is 5. The van der Waals surface area contributed by atoms with Crippen LogP contribution in [0.4, 0.5) is 9.18 Å². The second-order valence-electron chi connectivity index (χ2n) is 6.77. The molecule has 31 heavy (non-hydrogen) atoms. The standard InChI is InChI=1S/C22H16ClFN2O4S/c1-30-20(27)12-26-21(28)19(31-22(26)29)9-13-10-25(18-8-3-2-5-14(13)18)11-15-16(23)6-4-7-17(15)24/h2-10H,11-12H2,1H3/b19-9+. The van der Waals surface area contributed by atoms with Crippen LogP contribution in [0.2, 0.25) is 5.02 Å². The Labute approximate surface area is 186 Å². The number of thioether (sulfide) groups is 1. The van der Waals surface area contributed by atoms with Gasteiger partial charge in [0.2, 0.25) is 0 Å². The molecule has 1 aliphatic rings. The predicted molar refractivity (Wildman–Crippen MR) is 117 cm³/mol. The summed E-state index contributed by atoms with van der Waals surface area (Å²) in [4.78, 5) is 37.3. The highest BCUT2D eigenvalue weighted by Crippen LogP contribution is 2.34. The van der Waals surface area contributed by atoms with Crippen LogP contribution in [0.15, 0.2) is 53.6 Å². The summed E-state index contributed by atoms with van der Waals surface area (Å²) in [6, 6.07) is 12.0. The molecule has 158 valence electrons. The number of aromatic nitrogens is 1. The molecule has 6 nitrogen and oxygen atoms in total. The number of nitrogens with zero attached hydrogens (tertiary/aromatic N) is 2. The lowest BCUT2D eigenvalue weighted by atomic mass is 10.1. The van der Waals surface area contributed by atoms with E-state index in [9.17, 15) is 18.8 Å². The van der Waals surface area contributed by atoms with Crippen LogP contribution in [-0.4, -0.2) is 40.2 Å². The number of esters is 1. The van der Waals surface area contributed by atoms with Gasteiger partial charge >= 0.3 is 5.97 Å². The van der Waals surface area contributed by atoms with Gasteiger partial charge < -0.3 is 9.30 Å². The molecule has 3 aromatic rings. The largest absolute Gasteiger partial charge is 0.468 e. The monoisotopic (exact) mass is 458 g/mol. The number of para-hydroxylation sites is 1. The van der Waals surface area contributed by atoms with Crippen LogP contribution in [0.25, 0.3) is 17.0 Å². The SMILES string of the molecule is COC(=O)CN1C(=O)S/C(=C/c2cn(Cc3c(F)cccc3Cl)c3ccccc23)C1=O. The number of amides is 2. The molecule has 4 rings (SSSR count). The first-order chi connectivity index (χ1) is 14.9. The van der Waals surface area contributed by atoms with Crippen molar-refractivity contribution in [1.82, 2.24) is 9.47 Å². The van der Waals surface area contributed by atoms with Gasteiger partial charge in [-0.2, -0.15) is 0 Å². The number of hydrogen-bond donors (Lipinski definition) is 0. The van der Waals surface area contributed by atoms with Crippen molar-refractivity contribution in [3.63, 3.8) is 0 Å². The highest BCUT2D eigenvalue weighted by atomic mass is 35.5. The maximum Gasteiger partial charge on any atom is 0.325 e. The number of ether oxygens (including phenoxy) is 1. The zero-order chi connectivity index (χ0) is 22.1. The van der Waals surface area contributed by atoms with E-state index in [2.05, 4.69) is 4.74 Å². The Morgan fingerprint density at radius 2 is 1.97 bits per heavy atom. The Morgan fingerprint density at radius 3 is 2.71 bits per heavy atom. The molecule has 0 bridgehead atoms. The predicted octanol–water partition coefficient (Wildman–Crippen LogP) is 4.69. The van der Waals surface area contributed by atoms with Gasteiger partial charge in [-0.15, -0.1) is 0 Å². The first kappa shape index (κ1) is 21.1. The van der Waals surface area contributed by atoms with E-state index in [1.165, 1.54) is 13.2 Å². The molecule has 2 amide bonds. The molecule has 1 fully saturated rings. The van der Waals surface area contributed by atoms with E-state index in [0.29, 0.717) is 16.1 Å². The maximum atomic E-state index is 14.3. The van der Waals surface area contributed by atoms with Gasteiger partial charge in [-0.1, -0.05) is 35.9 Å². The number of carbonyl (C=O) groups is 3. The summed E-state index contributed by atoms with van der Waals surface area (Å²) < 4.78 is 20.7. The minimum Gasteiger partial charge on any atom is -0.468 e. The van der Waals surface area contributed by atoms with Gasteiger partial charge in [0.25, 0.3) is 11.1 Å². The zero-order valence-corrected chi connectivity index (χ0v) is 17.9. The quantitative estimate of drug-likeness (QED) is 0.410. The van der Waals surface area contributed by atoms with Gasteiger partial charge in [-0.25, -0.2) is 4.39 Å². The Balaban J connectivity index is 1.72. The topological polar surface area (TPSA) is 68.6 Å². The lowest BCUT2D eigenvalue weighted by molar-refractivity contribution is -0.143. The van der Waals surface area contributed by atoms with Crippen LogP contribution < -0.4 is 0 Å². The fourth-order valence-electron chi connectivity index (χ4n) is 3.35. The summed E-state index contributed by atoms with van der Waals surface area (Å²) in [6.07, 6.45) is 3.38. The van der Waals surface area contributed by atoms with Gasteiger partial charge in [0.05, 0.1) is 18.6 Å². The lowest BCUT2D eigenvalue weighted by Gasteiger charge is -2.09. The molecular formula is C22H16ClFN2O4S. The van der Waals surface area contributed by atoms with Gasteiger partial charge in [0.15, 0.2) is 0 Å². The lowest BCUT2D eigenvalue weighted by Crippen LogP contribution is -2.34. The first-order valence-electron chi connectivity index (χ1n) is 9.22. The van der Waals surface area contributed by atoms with Crippen LogP contribution in [0.3, 0.4) is 0 Å². The zero-order valence-electron chi connectivity index (χ0n) is 16.3. The molecule has 0 atom stereocenters. The van der Waals surface area contributed by atoms with E-state index < -0.39 is 29.5 Å². The molecule has 2 heterocycles. The van der Waals surface area contributed by atoms with Crippen molar-refractivity contribution in [2.45, 2.75) is 6.54 Å². The number of imide groups is 1. The normalized spacial score (nSPS) is 15.3. The summed E-state index contributed by atoms with van der Waals surface area (Å²) in [5.74, 6) is -1.65. The molecule has 0 aliphatic carbocycles. The van der Waals surface area contributed by atoms with Crippen molar-refractivity contribution >= 4 is 57.5 Å². The average molecular weight is 459 g/mol. The van der Waals surface area contributed by atoms with Crippen molar-refractivity contribution in [2.75, 3.05) is 13.7 Å². The van der Waals surface area contributed by atoms with Gasteiger partial charge in [0.1, 0.15) is 12.4 Å². The van der Waals surface area contributed by atoms with Gasteiger partial charge in [0, 0.05) is 33.2 Å². The molecule has 0 saturated carbocycles. The smallest absolute Gasteiger partial charge is 0.325 e. The third-order valence-electron chi connectivity index (χ3n) is 4.88. The Kier molecular flexibility index (Phi) is 5.84. The van der Waals surface area contributed by atoms with Crippen molar-refractivity contribution in [1.29, 1.82) is 0 Å². The Bertz CT molecular complexity index is 1230.